The van der Waals surface area contributed by atoms with Gasteiger partial charge in [0.1, 0.15) is 0 Å². The highest BCUT2D eigenvalue weighted by atomic mass is 16.6. The molecule has 2 heterocycles. The van der Waals surface area contributed by atoms with Crippen LogP contribution < -0.4 is 30.0 Å². The predicted molar refractivity (Wildman–Crippen MR) is 180 cm³/mol. The summed E-state index contributed by atoms with van der Waals surface area (Å²) >= 11 is 0. The smallest absolute Gasteiger partial charge is 0.304 e. The van der Waals surface area contributed by atoms with Crippen LogP contribution in [-0.4, -0.2) is 87.9 Å². The Kier molecular flexibility index (Phi) is 9.53. The van der Waals surface area contributed by atoms with Crippen LogP contribution in [0.1, 0.15) is 85.4 Å². The van der Waals surface area contributed by atoms with Crippen molar-refractivity contribution in [2.75, 3.05) is 65.2 Å². The Morgan fingerprint density at radius 2 is 1.44 bits per heavy atom. The summed E-state index contributed by atoms with van der Waals surface area (Å²) in [5, 5.41) is 3.11. The first-order chi connectivity index (χ1) is 23.1. The number of unbranched alkanes of at least 4 members (excludes halogenated alkanes) is 2. The number of benzene rings is 2. The van der Waals surface area contributed by atoms with E-state index < -0.39 is 12.2 Å². The van der Waals surface area contributed by atoms with Crippen LogP contribution in [-0.2, 0) is 9.53 Å². The van der Waals surface area contributed by atoms with E-state index in [1.165, 1.54) is 19.8 Å². The number of nitrogens with two attached hydrogens (primary N) is 1. The molecule has 48 heavy (non-hydrogen) atoms. The monoisotopic (exact) mass is 664 g/mol. The van der Waals surface area contributed by atoms with Crippen molar-refractivity contribution in [2.45, 2.75) is 70.9 Å². The second kappa shape index (κ2) is 13.6. The van der Waals surface area contributed by atoms with Crippen molar-refractivity contribution in [3.8, 4) is 23.0 Å². The highest BCUT2D eigenvalue weighted by molar-refractivity contribution is 6.01. The number of hydrogen-bond donors (Lipinski definition) is 2. The van der Waals surface area contributed by atoms with Gasteiger partial charge in [-0.25, -0.2) is 0 Å². The third-order valence-corrected chi connectivity index (χ3v) is 10.3. The van der Waals surface area contributed by atoms with Crippen LogP contribution in [0.3, 0.4) is 0 Å². The summed E-state index contributed by atoms with van der Waals surface area (Å²) in [5.41, 5.74) is 8.60. The lowest BCUT2D eigenvalue weighted by Crippen LogP contribution is -2.38. The van der Waals surface area contributed by atoms with E-state index in [1.807, 2.05) is 4.90 Å². The number of nitrogens with zero attached hydrogens (tertiary/aromatic N) is 2. The number of likely N-dealkylation sites (tertiary alicyclic amines) is 2. The van der Waals surface area contributed by atoms with Gasteiger partial charge in [0.25, 0.3) is 11.8 Å². The summed E-state index contributed by atoms with van der Waals surface area (Å²) in [6.07, 6.45) is 8.04. The Hall–Kier alpha value is -4.35. The molecule has 2 aromatic rings. The third-order valence-electron chi connectivity index (χ3n) is 10.3. The minimum atomic E-state index is -0.565. The zero-order valence-corrected chi connectivity index (χ0v) is 28.5. The standard InChI is InChI=1S/C36H48N4O8/c1-23(41)48-32-20-36(10-11-36)22-40(32)34(43)25-17-29(45-4)31(19-27(25)38-2)47-15-7-5-6-14-46-30-18-26(37)24(16-28(30)44-3)33(42)39-13-12-35(21-39)8-9-35/h16-19,32,38H,5-15,20-22,37H2,1-4H3/t32-/m1/s1. The van der Waals surface area contributed by atoms with E-state index in [-0.39, 0.29) is 17.2 Å². The number of nitrogens with one attached hydrogen (secondary N) is 1. The van der Waals surface area contributed by atoms with E-state index in [9.17, 15) is 14.4 Å². The van der Waals surface area contributed by atoms with Gasteiger partial charge in [0.15, 0.2) is 29.2 Å². The van der Waals surface area contributed by atoms with Crippen LogP contribution in [0.15, 0.2) is 24.3 Å². The van der Waals surface area contributed by atoms with E-state index in [0.717, 1.165) is 51.6 Å². The topological polar surface area (TPSA) is 142 Å². The number of carbonyl (C=O) groups is 3. The van der Waals surface area contributed by atoms with Gasteiger partial charge in [0, 0.05) is 57.8 Å². The Morgan fingerprint density at radius 3 is 2.00 bits per heavy atom. The van der Waals surface area contributed by atoms with Crippen LogP contribution in [0.5, 0.6) is 23.0 Å². The van der Waals surface area contributed by atoms with E-state index >= 15 is 0 Å². The molecule has 12 nitrogen and oxygen atoms in total. The summed E-state index contributed by atoms with van der Waals surface area (Å²) in [7, 11) is 4.86. The van der Waals surface area contributed by atoms with Gasteiger partial charge in [-0.2, -0.15) is 0 Å². The fourth-order valence-electron chi connectivity index (χ4n) is 7.06. The summed E-state index contributed by atoms with van der Waals surface area (Å²) < 4.78 is 28.8. The lowest BCUT2D eigenvalue weighted by molar-refractivity contribution is -0.151. The predicted octanol–water partition coefficient (Wildman–Crippen LogP) is 5.10. The third kappa shape index (κ3) is 7.07. The molecule has 2 spiro atoms. The Morgan fingerprint density at radius 1 is 0.812 bits per heavy atom. The zero-order chi connectivity index (χ0) is 34.1. The minimum Gasteiger partial charge on any atom is -0.493 e. The van der Waals surface area contributed by atoms with Crippen LogP contribution in [0.4, 0.5) is 11.4 Å². The average molecular weight is 665 g/mol. The lowest BCUT2D eigenvalue weighted by atomic mass is 10.1. The normalized spacial score (nSPS) is 19.7. The number of hydrogen-bond acceptors (Lipinski definition) is 10. The average Bonchev–Trinajstić information content (AvgIpc) is 3.93. The maximum atomic E-state index is 13.7. The molecule has 3 N–H and O–H groups in total. The highest BCUT2D eigenvalue weighted by Gasteiger charge is 2.55. The summed E-state index contributed by atoms with van der Waals surface area (Å²) in [4.78, 5) is 42.2. The van der Waals surface area contributed by atoms with E-state index in [0.29, 0.717) is 77.1 Å². The van der Waals surface area contributed by atoms with Gasteiger partial charge in [-0.05, 0) is 74.3 Å². The van der Waals surface area contributed by atoms with E-state index in [1.54, 1.807) is 50.4 Å². The van der Waals surface area contributed by atoms with Gasteiger partial charge >= 0.3 is 5.97 Å². The van der Waals surface area contributed by atoms with Crippen molar-refractivity contribution in [3.05, 3.63) is 35.4 Å². The number of methoxy groups -OCH3 is 2. The number of anilines is 2. The highest BCUT2D eigenvalue weighted by Crippen LogP contribution is 2.55. The van der Waals surface area contributed by atoms with E-state index in [4.69, 9.17) is 29.4 Å². The first-order valence-corrected chi connectivity index (χ1v) is 17.0. The number of carbonyl (C=O) groups excluding carboxylic acids is 3. The van der Waals surface area contributed by atoms with Gasteiger partial charge in [0.2, 0.25) is 0 Å². The quantitative estimate of drug-likeness (QED) is 0.159. The van der Waals surface area contributed by atoms with Gasteiger partial charge < -0.3 is 44.5 Å². The number of rotatable bonds is 14. The number of amides is 2. The van der Waals surface area contributed by atoms with Crippen molar-refractivity contribution in [2.24, 2.45) is 10.8 Å². The minimum absolute atomic E-state index is 0.0492. The Labute approximate surface area is 282 Å². The maximum Gasteiger partial charge on any atom is 0.304 e. The van der Waals surface area contributed by atoms with Gasteiger partial charge in [-0.1, -0.05) is 0 Å². The molecule has 2 amide bonds. The van der Waals surface area contributed by atoms with Crippen molar-refractivity contribution in [3.63, 3.8) is 0 Å². The first kappa shape index (κ1) is 33.5. The number of nitrogen functional groups attached to an aromatic ring is 1. The van der Waals surface area contributed by atoms with Crippen molar-refractivity contribution in [1.29, 1.82) is 0 Å². The van der Waals surface area contributed by atoms with Crippen molar-refractivity contribution >= 4 is 29.2 Å². The van der Waals surface area contributed by atoms with E-state index in [2.05, 4.69) is 5.32 Å². The lowest BCUT2D eigenvalue weighted by Gasteiger charge is -2.25. The molecule has 0 unspecified atom stereocenters. The maximum absolute atomic E-state index is 13.7. The molecule has 2 aliphatic carbocycles. The molecule has 0 bridgehead atoms. The molecule has 6 rings (SSSR count). The molecule has 2 aliphatic heterocycles. The first-order valence-electron chi connectivity index (χ1n) is 17.0. The Bertz CT molecular complexity index is 1550. The molecule has 260 valence electrons. The van der Waals surface area contributed by atoms with Crippen molar-refractivity contribution in [1.82, 2.24) is 9.80 Å². The fraction of sp³-hybridized carbons (Fsp3) is 0.583. The summed E-state index contributed by atoms with van der Waals surface area (Å²) in [5.74, 6) is 1.33. The molecule has 2 saturated carbocycles. The van der Waals surface area contributed by atoms with Gasteiger partial charge in [-0.3, -0.25) is 14.4 Å². The molecule has 1 atom stereocenters. The molecule has 4 aliphatic rings. The molecule has 0 radical (unpaired) electrons. The zero-order valence-electron chi connectivity index (χ0n) is 28.5. The molecular weight excluding hydrogens is 616 g/mol. The second-order valence-electron chi connectivity index (χ2n) is 13.8. The van der Waals surface area contributed by atoms with Crippen LogP contribution >= 0.6 is 0 Å². The molecule has 2 aromatic carbocycles. The van der Waals surface area contributed by atoms with Crippen LogP contribution in [0.2, 0.25) is 0 Å². The summed E-state index contributed by atoms with van der Waals surface area (Å²) in [6, 6.07) is 6.84. The van der Waals surface area contributed by atoms with Crippen LogP contribution in [0, 0.1) is 10.8 Å². The summed E-state index contributed by atoms with van der Waals surface area (Å²) in [6.45, 7) is 4.42. The second-order valence-corrected chi connectivity index (χ2v) is 13.8. The molecule has 12 heteroatoms. The van der Waals surface area contributed by atoms with Crippen LogP contribution in [0.25, 0.3) is 0 Å². The number of esters is 1. The molecule has 0 aromatic heterocycles. The van der Waals surface area contributed by atoms with Crippen molar-refractivity contribution < 1.29 is 38.1 Å². The largest absolute Gasteiger partial charge is 0.493 e. The molecular formula is C36H48N4O8. The van der Waals surface area contributed by atoms with Gasteiger partial charge in [-0.15, -0.1) is 0 Å². The molecule has 4 fully saturated rings. The SMILES string of the molecule is CNc1cc(OCCCCCOc2cc(N)c(C(=O)N3CCC4(CC4)C3)cc2OC)c(OC)cc1C(=O)N1CC2(CC2)C[C@H]1OC(C)=O. The molecule has 2 saturated heterocycles. The fourth-order valence-corrected chi connectivity index (χ4v) is 7.06. The number of ether oxygens (including phenoxy) is 5. The Balaban J connectivity index is 0.992. The van der Waals surface area contributed by atoms with Gasteiger partial charge in [0.05, 0.1) is 44.2 Å².